The minimum Gasteiger partial charge on any atom is -0.355 e. The summed E-state index contributed by atoms with van der Waals surface area (Å²) in [7, 11) is 0. The van der Waals surface area contributed by atoms with Crippen LogP contribution in [0.3, 0.4) is 0 Å². The van der Waals surface area contributed by atoms with Crippen LogP contribution in [0.25, 0.3) is 0 Å². The Hall–Kier alpha value is -1.66. The first-order valence-corrected chi connectivity index (χ1v) is 11.1. The molecule has 4 bridgehead atoms. The summed E-state index contributed by atoms with van der Waals surface area (Å²) in [5.41, 5.74) is -0.196. The quantitative estimate of drug-likeness (QED) is 0.812. The second kappa shape index (κ2) is 6.95. The van der Waals surface area contributed by atoms with Gasteiger partial charge in [0.05, 0.1) is 0 Å². The summed E-state index contributed by atoms with van der Waals surface area (Å²) in [4.78, 5) is 21.3. The van der Waals surface area contributed by atoms with E-state index in [1.165, 1.54) is 19.3 Å². The van der Waals surface area contributed by atoms with E-state index in [2.05, 4.69) is 15.3 Å². The van der Waals surface area contributed by atoms with E-state index in [0.717, 1.165) is 32.1 Å². The van der Waals surface area contributed by atoms with Crippen LogP contribution in [0.4, 0.5) is 13.2 Å². The van der Waals surface area contributed by atoms with Crippen molar-refractivity contribution >= 4 is 5.91 Å². The van der Waals surface area contributed by atoms with Gasteiger partial charge in [-0.2, -0.15) is 13.2 Å². The van der Waals surface area contributed by atoms with Gasteiger partial charge in [0, 0.05) is 29.6 Å². The molecular weight excluding hydrogens is 379 g/mol. The number of amides is 1. The Labute approximate surface area is 169 Å². The molecule has 0 unspecified atom stereocenters. The van der Waals surface area contributed by atoms with Gasteiger partial charge in [-0.05, 0) is 82.0 Å². The third-order valence-corrected chi connectivity index (χ3v) is 7.65. The number of aromatic nitrogens is 2. The van der Waals surface area contributed by atoms with E-state index in [1.54, 1.807) is 0 Å². The molecule has 158 valence electrons. The van der Waals surface area contributed by atoms with Crippen LogP contribution < -0.4 is 5.32 Å². The van der Waals surface area contributed by atoms with Gasteiger partial charge in [-0.1, -0.05) is 0 Å². The van der Waals surface area contributed by atoms with E-state index in [1.807, 2.05) is 0 Å². The molecule has 0 aromatic carbocycles. The maximum atomic E-state index is 13.5. The van der Waals surface area contributed by atoms with Crippen molar-refractivity contribution < 1.29 is 18.0 Å². The molecule has 5 aliphatic rings. The Morgan fingerprint density at radius 3 is 2.24 bits per heavy atom. The highest BCUT2D eigenvalue weighted by molar-refractivity contribution is 5.83. The molecule has 0 spiro atoms. The average molecular weight is 407 g/mol. The Balaban J connectivity index is 1.27. The van der Waals surface area contributed by atoms with E-state index in [-0.39, 0.29) is 29.1 Å². The lowest BCUT2D eigenvalue weighted by Crippen LogP contribution is -2.53. The molecule has 1 heterocycles. The number of halogens is 3. The van der Waals surface area contributed by atoms with Gasteiger partial charge in [0.25, 0.3) is 0 Å². The molecule has 29 heavy (non-hydrogen) atoms. The molecule has 1 N–H and O–H groups in total. The maximum Gasteiger partial charge on any atom is 0.433 e. The fraction of sp³-hybridized carbons (Fsp3) is 0.773. The highest BCUT2D eigenvalue weighted by Crippen LogP contribution is 2.60. The zero-order chi connectivity index (χ0) is 20.2. The lowest BCUT2D eigenvalue weighted by Gasteiger charge is -2.55. The fourth-order valence-electron chi connectivity index (χ4n) is 6.86. The number of carbonyl (C=O) groups excluding carboxylic acids is 1. The monoisotopic (exact) mass is 407 g/mol. The normalized spacial score (nSPS) is 32.9. The second-order valence-electron chi connectivity index (χ2n) is 9.82. The fourth-order valence-corrected chi connectivity index (χ4v) is 6.86. The van der Waals surface area contributed by atoms with Crippen LogP contribution >= 0.6 is 0 Å². The second-order valence-corrected chi connectivity index (χ2v) is 9.82. The standard InChI is InChI=1S/C22H28F3N3O/c23-22(24,25)19-16-3-1-2-4-17(16)27-18(28-19)5-6-26-20(29)21-10-13-7-14(11-21)9-15(8-13)12-21/h13-15H,1-12H2,(H,26,29). The zero-order valence-corrected chi connectivity index (χ0v) is 16.7. The topological polar surface area (TPSA) is 54.9 Å². The molecule has 4 nitrogen and oxygen atoms in total. The van der Waals surface area contributed by atoms with Crippen LogP contribution in [-0.4, -0.2) is 22.4 Å². The maximum absolute atomic E-state index is 13.5. The van der Waals surface area contributed by atoms with Crippen LogP contribution in [0.1, 0.15) is 74.1 Å². The van der Waals surface area contributed by atoms with E-state index < -0.39 is 11.9 Å². The van der Waals surface area contributed by atoms with Crippen LogP contribution in [0.15, 0.2) is 0 Å². The zero-order valence-electron chi connectivity index (χ0n) is 16.7. The number of alkyl halides is 3. The summed E-state index contributed by atoms with van der Waals surface area (Å²) in [6.45, 7) is 0.302. The van der Waals surface area contributed by atoms with Crippen molar-refractivity contribution in [2.45, 2.75) is 76.8 Å². The van der Waals surface area contributed by atoms with Gasteiger partial charge < -0.3 is 5.32 Å². The first-order valence-electron chi connectivity index (χ1n) is 11.1. The van der Waals surface area contributed by atoms with Gasteiger partial charge in [-0.25, -0.2) is 9.97 Å². The molecule has 6 rings (SSSR count). The van der Waals surface area contributed by atoms with Crippen LogP contribution in [-0.2, 0) is 30.2 Å². The number of carbonyl (C=O) groups is 1. The molecule has 0 saturated heterocycles. The molecule has 1 amide bonds. The molecule has 4 fully saturated rings. The molecule has 0 radical (unpaired) electrons. The average Bonchev–Trinajstić information content (AvgIpc) is 2.65. The number of rotatable bonds is 4. The van der Waals surface area contributed by atoms with Crippen molar-refractivity contribution in [3.05, 3.63) is 22.8 Å². The Morgan fingerprint density at radius 2 is 1.62 bits per heavy atom. The van der Waals surface area contributed by atoms with Gasteiger partial charge in [-0.3, -0.25) is 4.79 Å². The van der Waals surface area contributed by atoms with E-state index in [4.69, 9.17) is 0 Å². The summed E-state index contributed by atoms with van der Waals surface area (Å²) in [5.74, 6) is 2.36. The van der Waals surface area contributed by atoms with E-state index >= 15 is 0 Å². The van der Waals surface area contributed by atoms with Crippen molar-refractivity contribution in [1.29, 1.82) is 0 Å². The SMILES string of the molecule is O=C(NCCc1nc2c(c(C(F)(F)F)n1)CCCC2)C12CC3CC(CC(C3)C1)C2. The van der Waals surface area contributed by atoms with Gasteiger partial charge in [0.15, 0.2) is 5.69 Å². The van der Waals surface area contributed by atoms with E-state index in [0.29, 0.717) is 42.8 Å². The summed E-state index contributed by atoms with van der Waals surface area (Å²) < 4.78 is 40.4. The van der Waals surface area contributed by atoms with Crippen molar-refractivity contribution in [3.63, 3.8) is 0 Å². The van der Waals surface area contributed by atoms with Crippen LogP contribution in [0, 0.1) is 23.2 Å². The molecule has 0 aliphatic heterocycles. The molecule has 1 aromatic rings. The highest BCUT2D eigenvalue weighted by atomic mass is 19.4. The Bertz CT molecular complexity index is 785. The molecule has 7 heteroatoms. The van der Waals surface area contributed by atoms with E-state index in [9.17, 15) is 18.0 Å². The van der Waals surface area contributed by atoms with Crippen molar-refractivity contribution in [2.24, 2.45) is 23.2 Å². The lowest BCUT2D eigenvalue weighted by atomic mass is 9.49. The third kappa shape index (κ3) is 3.55. The Morgan fingerprint density at radius 1 is 1.00 bits per heavy atom. The third-order valence-electron chi connectivity index (χ3n) is 7.65. The summed E-state index contributed by atoms with van der Waals surface area (Å²) in [6.07, 6.45) is 5.15. The van der Waals surface area contributed by atoms with Crippen molar-refractivity contribution in [1.82, 2.24) is 15.3 Å². The van der Waals surface area contributed by atoms with Gasteiger partial charge in [0.1, 0.15) is 5.82 Å². The minimum atomic E-state index is -4.46. The predicted molar refractivity (Wildman–Crippen MR) is 101 cm³/mol. The van der Waals surface area contributed by atoms with Crippen molar-refractivity contribution in [3.8, 4) is 0 Å². The molecule has 0 atom stereocenters. The first-order chi connectivity index (χ1) is 13.8. The minimum absolute atomic E-state index is 0.102. The lowest BCUT2D eigenvalue weighted by molar-refractivity contribution is -0.146. The molecule has 4 saturated carbocycles. The molecule has 1 aromatic heterocycles. The molecule has 5 aliphatic carbocycles. The number of hydrogen-bond acceptors (Lipinski definition) is 3. The van der Waals surface area contributed by atoms with Gasteiger partial charge in [-0.15, -0.1) is 0 Å². The van der Waals surface area contributed by atoms with Gasteiger partial charge in [0.2, 0.25) is 5.91 Å². The van der Waals surface area contributed by atoms with Crippen LogP contribution in [0.2, 0.25) is 0 Å². The summed E-state index contributed by atoms with van der Waals surface area (Å²) >= 11 is 0. The summed E-state index contributed by atoms with van der Waals surface area (Å²) in [5, 5.41) is 3.03. The smallest absolute Gasteiger partial charge is 0.355 e. The van der Waals surface area contributed by atoms with Crippen LogP contribution in [0.5, 0.6) is 0 Å². The number of nitrogens with zero attached hydrogens (tertiary/aromatic N) is 2. The highest BCUT2D eigenvalue weighted by Gasteiger charge is 2.54. The number of hydrogen-bond donors (Lipinski definition) is 1. The van der Waals surface area contributed by atoms with Gasteiger partial charge >= 0.3 is 6.18 Å². The molecular formula is C22H28F3N3O. The predicted octanol–water partition coefficient (Wildman–Crippen LogP) is 4.25. The number of aryl methyl sites for hydroxylation is 1. The largest absolute Gasteiger partial charge is 0.433 e. The number of fused-ring (bicyclic) bond motifs is 1. The first kappa shape index (κ1) is 19.3. The Kier molecular flexibility index (Phi) is 4.63. The van der Waals surface area contributed by atoms with Crippen molar-refractivity contribution in [2.75, 3.05) is 6.54 Å². The summed E-state index contributed by atoms with van der Waals surface area (Å²) in [6, 6.07) is 0. The number of nitrogens with one attached hydrogen (secondary N) is 1.